The highest BCUT2D eigenvalue weighted by Crippen LogP contribution is 2.17. The molecule has 2 aromatic carbocycles. The van der Waals surface area contributed by atoms with Crippen LogP contribution in [0.5, 0.6) is 0 Å². The van der Waals surface area contributed by atoms with Crippen molar-refractivity contribution < 1.29 is 14.0 Å². The maximum Gasteiger partial charge on any atom is 0.242 e. The number of carbonyl (C=O) groups excluding carboxylic acids is 2. The summed E-state index contributed by atoms with van der Waals surface area (Å²) < 4.78 is 13.3. The predicted molar refractivity (Wildman–Crippen MR) is 123 cm³/mol. The van der Waals surface area contributed by atoms with Crippen molar-refractivity contribution in [1.29, 1.82) is 0 Å². The molecular weight excluding hydrogens is 391 g/mol. The van der Waals surface area contributed by atoms with Gasteiger partial charge in [-0.1, -0.05) is 50.2 Å². The Morgan fingerprint density at radius 1 is 0.935 bits per heavy atom. The summed E-state index contributed by atoms with van der Waals surface area (Å²) >= 11 is 0. The summed E-state index contributed by atoms with van der Waals surface area (Å²) in [5.74, 6) is -0.174. The van der Waals surface area contributed by atoms with Crippen LogP contribution in [0.15, 0.2) is 48.5 Å². The molecule has 0 saturated heterocycles. The van der Waals surface area contributed by atoms with Crippen molar-refractivity contribution in [1.82, 2.24) is 10.2 Å². The van der Waals surface area contributed by atoms with Crippen LogP contribution in [0.1, 0.15) is 70.6 Å². The highest BCUT2D eigenvalue weighted by molar-refractivity contribution is 5.87. The molecule has 0 aliphatic carbocycles. The molecule has 0 radical (unpaired) electrons. The smallest absolute Gasteiger partial charge is 0.242 e. The molecule has 1 N–H and O–H groups in total. The second-order valence-electron chi connectivity index (χ2n) is 9.46. The fourth-order valence-corrected chi connectivity index (χ4v) is 3.31. The number of hydrogen-bond donors (Lipinski definition) is 1. The van der Waals surface area contributed by atoms with E-state index in [2.05, 4.69) is 43.4 Å². The lowest BCUT2D eigenvalue weighted by molar-refractivity contribution is -0.141. The molecule has 0 unspecified atom stereocenters. The van der Waals surface area contributed by atoms with E-state index in [-0.39, 0.29) is 24.2 Å². The van der Waals surface area contributed by atoms with Crippen LogP contribution < -0.4 is 5.32 Å². The predicted octanol–water partition coefficient (Wildman–Crippen LogP) is 5.21. The fourth-order valence-electron chi connectivity index (χ4n) is 3.31. The number of benzene rings is 2. The first-order valence-corrected chi connectivity index (χ1v) is 10.9. The SMILES string of the molecule is CC(C)c1ccc(CCC(=O)N(Cc2ccc(F)cc2)[C@H](C)C(=O)NC(C)(C)C)cc1. The summed E-state index contributed by atoms with van der Waals surface area (Å²) in [6, 6.07) is 13.7. The minimum Gasteiger partial charge on any atom is -0.350 e. The first-order valence-electron chi connectivity index (χ1n) is 10.9. The van der Waals surface area contributed by atoms with Crippen molar-refractivity contribution >= 4 is 11.8 Å². The number of nitrogens with one attached hydrogen (secondary N) is 1. The molecule has 0 aliphatic heterocycles. The third kappa shape index (κ3) is 7.82. The van der Waals surface area contributed by atoms with Crippen molar-refractivity contribution in [3.05, 3.63) is 71.0 Å². The molecule has 168 valence electrons. The van der Waals surface area contributed by atoms with E-state index in [4.69, 9.17) is 0 Å². The van der Waals surface area contributed by atoms with Gasteiger partial charge in [-0.25, -0.2) is 4.39 Å². The molecule has 4 nitrogen and oxygen atoms in total. The van der Waals surface area contributed by atoms with E-state index in [1.165, 1.54) is 17.7 Å². The Morgan fingerprint density at radius 3 is 2.00 bits per heavy atom. The Labute approximate surface area is 185 Å². The molecule has 5 heteroatoms. The van der Waals surface area contributed by atoms with Crippen LogP contribution in [0.25, 0.3) is 0 Å². The van der Waals surface area contributed by atoms with E-state index >= 15 is 0 Å². The zero-order chi connectivity index (χ0) is 23.2. The number of rotatable bonds is 8. The highest BCUT2D eigenvalue weighted by atomic mass is 19.1. The van der Waals surface area contributed by atoms with Crippen molar-refractivity contribution in [2.24, 2.45) is 0 Å². The van der Waals surface area contributed by atoms with Gasteiger partial charge in [0.15, 0.2) is 0 Å². The Morgan fingerprint density at radius 2 is 1.48 bits per heavy atom. The Balaban J connectivity index is 2.14. The Hall–Kier alpha value is -2.69. The molecule has 0 aromatic heterocycles. The van der Waals surface area contributed by atoms with Gasteiger partial charge in [-0.15, -0.1) is 0 Å². The summed E-state index contributed by atoms with van der Waals surface area (Å²) in [6.07, 6.45) is 0.903. The van der Waals surface area contributed by atoms with Crippen molar-refractivity contribution in [3.8, 4) is 0 Å². The molecule has 2 aromatic rings. The second-order valence-corrected chi connectivity index (χ2v) is 9.46. The average molecular weight is 427 g/mol. The molecule has 0 saturated carbocycles. The minimum atomic E-state index is -0.639. The number of nitrogens with zero attached hydrogens (tertiary/aromatic N) is 1. The second kappa shape index (κ2) is 10.6. The largest absolute Gasteiger partial charge is 0.350 e. The van der Waals surface area contributed by atoms with Crippen LogP contribution in [-0.4, -0.2) is 28.3 Å². The van der Waals surface area contributed by atoms with E-state index in [0.717, 1.165) is 11.1 Å². The number of aryl methyl sites for hydroxylation is 1. The molecule has 0 spiro atoms. The van der Waals surface area contributed by atoms with E-state index in [9.17, 15) is 14.0 Å². The van der Waals surface area contributed by atoms with Gasteiger partial charge in [0.05, 0.1) is 0 Å². The molecule has 0 bridgehead atoms. The lowest BCUT2D eigenvalue weighted by Gasteiger charge is -2.31. The van der Waals surface area contributed by atoms with Crippen LogP contribution in [0.2, 0.25) is 0 Å². The van der Waals surface area contributed by atoms with Crippen molar-refractivity contribution in [2.45, 2.75) is 78.4 Å². The van der Waals surface area contributed by atoms with E-state index in [1.54, 1.807) is 24.0 Å². The maximum atomic E-state index is 13.3. The van der Waals surface area contributed by atoms with Gasteiger partial charge in [-0.2, -0.15) is 0 Å². The number of amides is 2. The summed E-state index contributed by atoms with van der Waals surface area (Å²) in [7, 11) is 0. The lowest BCUT2D eigenvalue weighted by atomic mass is 10.00. The van der Waals surface area contributed by atoms with Crippen LogP contribution in [0, 0.1) is 5.82 Å². The van der Waals surface area contributed by atoms with Gasteiger partial charge in [0.25, 0.3) is 0 Å². The minimum absolute atomic E-state index is 0.103. The van der Waals surface area contributed by atoms with Crippen LogP contribution in [0.4, 0.5) is 4.39 Å². The summed E-state index contributed by atoms with van der Waals surface area (Å²) in [5, 5.41) is 2.95. The molecule has 0 aliphatic rings. The van der Waals surface area contributed by atoms with Gasteiger partial charge in [-0.05, 0) is 68.9 Å². The van der Waals surface area contributed by atoms with Gasteiger partial charge in [0, 0.05) is 18.5 Å². The first kappa shape index (κ1) is 24.6. The van der Waals surface area contributed by atoms with E-state index in [1.807, 2.05) is 20.8 Å². The van der Waals surface area contributed by atoms with Crippen molar-refractivity contribution in [3.63, 3.8) is 0 Å². The highest BCUT2D eigenvalue weighted by Gasteiger charge is 2.28. The van der Waals surface area contributed by atoms with Gasteiger partial charge < -0.3 is 10.2 Å². The average Bonchev–Trinajstić information content (AvgIpc) is 2.70. The molecule has 0 heterocycles. The number of hydrogen-bond acceptors (Lipinski definition) is 2. The van der Waals surface area contributed by atoms with Gasteiger partial charge in [-0.3, -0.25) is 9.59 Å². The van der Waals surface area contributed by atoms with Crippen LogP contribution in [0.3, 0.4) is 0 Å². The fraction of sp³-hybridized carbons (Fsp3) is 0.462. The lowest BCUT2D eigenvalue weighted by Crippen LogP contribution is -2.52. The van der Waals surface area contributed by atoms with E-state index in [0.29, 0.717) is 18.8 Å². The standard InChI is InChI=1S/C26H35FN2O2/c1-18(2)22-12-7-20(8-13-22)11-16-24(30)29(17-21-9-14-23(27)15-10-21)19(3)25(31)28-26(4,5)6/h7-10,12-15,18-19H,11,16-17H2,1-6H3,(H,28,31)/t19-/m1/s1. The van der Waals surface area contributed by atoms with Gasteiger partial charge >= 0.3 is 0 Å². The third-order valence-electron chi connectivity index (χ3n) is 5.21. The molecule has 2 rings (SSSR count). The molecule has 2 amide bonds. The zero-order valence-electron chi connectivity index (χ0n) is 19.5. The molecule has 31 heavy (non-hydrogen) atoms. The first-order chi connectivity index (χ1) is 14.5. The third-order valence-corrected chi connectivity index (χ3v) is 5.21. The Bertz CT molecular complexity index is 868. The van der Waals surface area contributed by atoms with Crippen molar-refractivity contribution in [2.75, 3.05) is 0 Å². The maximum absolute atomic E-state index is 13.3. The number of halogens is 1. The molecule has 1 atom stereocenters. The zero-order valence-corrected chi connectivity index (χ0v) is 19.5. The van der Waals surface area contributed by atoms with Crippen LogP contribution >= 0.6 is 0 Å². The summed E-state index contributed by atoms with van der Waals surface area (Å²) in [5.41, 5.74) is 2.74. The number of carbonyl (C=O) groups is 2. The Kier molecular flexibility index (Phi) is 8.37. The quantitative estimate of drug-likeness (QED) is 0.630. The monoisotopic (exact) mass is 426 g/mol. The summed E-state index contributed by atoms with van der Waals surface area (Å²) in [6.45, 7) is 12.0. The van der Waals surface area contributed by atoms with Gasteiger partial charge in [0.1, 0.15) is 11.9 Å². The summed E-state index contributed by atoms with van der Waals surface area (Å²) in [4.78, 5) is 27.5. The van der Waals surface area contributed by atoms with Crippen LogP contribution in [-0.2, 0) is 22.6 Å². The van der Waals surface area contributed by atoms with E-state index < -0.39 is 11.6 Å². The normalized spacial score (nSPS) is 12.5. The molecular formula is C26H35FN2O2. The molecule has 0 fully saturated rings. The topological polar surface area (TPSA) is 49.4 Å². The van der Waals surface area contributed by atoms with Gasteiger partial charge in [0.2, 0.25) is 11.8 Å².